The first-order valence-corrected chi connectivity index (χ1v) is 7.42. The van der Waals surface area contributed by atoms with Crippen molar-refractivity contribution in [2.45, 2.75) is 4.90 Å². The number of thiophene rings is 1. The minimum atomic E-state index is -3.94. The Balaban J connectivity index is 2.32. The zero-order valence-corrected chi connectivity index (χ0v) is 11.1. The maximum absolute atomic E-state index is 13.4. The van der Waals surface area contributed by atoms with E-state index in [1.807, 2.05) is 0 Å². The lowest BCUT2D eigenvalue weighted by atomic mass is 10.3. The van der Waals surface area contributed by atoms with Gasteiger partial charge in [0.05, 0.1) is 15.5 Å². The summed E-state index contributed by atoms with van der Waals surface area (Å²) in [7, 11) is -3.94. The van der Waals surface area contributed by atoms with Crippen LogP contribution in [0, 0.1) is 5.82 Å². The molecule has 1 aromatic carbocycles. The summed E-state index contributed by atoms with van der Waals surface area (Å²) in [6.07, 6.45) is 0. The van der Waals surface area contributed by atoms with Crippen molar-refractivity contribution in [1.82, 2.24) is 0 Å². The molecule has 8 heteroatoms. The van der Waals surface area contributed by atoms with Gasteiger partial charge in [0.15, 0.2) is 0 Å². The summed E-state index contributed by atoms with van der Waals surface area (Å²) < 4.78 is 39.4. The molecule has 2 aromatic rings. The molecule has 0 unspecified atom stereocenters. The summed E-state index contributed by atoms with van der Waals surface area (Å²) >= 11 is 0.912. The lowest BCUT2D eigenvalue weighted by Gasteiger charge is -2.06. The van der Waals surface area contributed by atoms with Crippen LogP contribution in [-0.2, 0) is 10.0 Å². The minimum absolute atomic E-state index is 0.119. The fourth-order valence-corrected chi connectivity index (χ4v) is 3.53. The Labute approximate surface area is 112 Å². The summed E-state index contributed by atoms with van der Waals surface area (Å²) in [4.78, 5) is 10.9. The SMILES string of the molecule is NC(=O)c1cc(S(=O)(=O)Nc2ccccc2F)cs1. The zero-order valence-electron chi connectivity index (χ0n) is 9.46. The van der Waals surface area contributed by atoms with Gasteiger partial charge in [0.25, 0.3) is 15.9 Å². The number of halogens is 1. The number of anilines is 1. The van der Waals surface area contributed by atoms with Gasteiger partial charge >= 0.3 is 0 Å². The second-order valence-corrected chi connectivity index (χ2v) is 6.19. The van der Waals surface area contributed by atoms with Gasteiger partial charge in [0.1, 0.15) is 5.82 Å². The Kier molecular flexibility index (Phi) is 3.54. The molecule has 0 aliphatic heterocycles. The molecular formula is C11H9FN2O3S2. The van der Waals surface area contributed by atoms with Crippen LogP contribution in [0.5, 0.6) is 0 Å². The van der Waals surface area contributed by atoms with Crippen LogP contribution in [0.2, 0.25) is 0 Å². The van der Waals surface area contributed by atoms with E-state index in [0.29, 0.717) is 0 Å². The predicted molar refractivity (Wildman–Crippen MR) is 70.0 cm³/mol. The van der Waals surface area contributed by atoms with Crippen molar-refractivity contribution in [3.05, 3.63) is 46.4 Å². The Bertz CT molecular complexity index is 725. The third kappa shape index (κ3) is 2.91. The van der Waals surface area contributed by atoms with Crippen molar-refractivity contribution >= 4 is 33.0 Å². The Morgan fingerprint density at radius 1 is 1.32 bits per heavy atom. The van der Waals surface area contributed by atoms with Crippen LogP contribution in [0.1, 0.15) is 9.67 Å². The molecule has 1 heterocycles. The number of hydrogen-bond acceptors (Lipinski definition) is 4. The van der Waals surface area contributed by atoms with Crippen molar-refractivity contribution < 1.29 is 17.6 Å². The van der Waals surface area contributed by atoms with E-state index in [1.54, 1.807) is 0 Å². The van der Waals surface area contributed by atoms with E-state index in [0.717, 1.165) is 23.5 Å². The molecule has 100 valence electrons. The average Bonchev–Trinajstić information content (AvgIpc) is 2.82. The number of carbonyl (C=O) groups excluding carboxylic acids is 1. The van der Waals surface area contributed by atoms with E-state index in [2.05, 4.69) is 4.72 Å². The van der Waals surface area contributed by atoms with Gasteiger partial charge in [-0.25, -0.2) is 12.8 Å². The predicted octanol–water partition coefficient (Wildman–Crippen LogP) is 1.79. The number of sulfonamides is 1. The standard InChI is InChI=1S/C11H9FN2O3S2/c12-8-3-1-2-4-9(8)14-19(16,17)7-5-10(11(13)15)18-6-7/h1-6,14H,(H2,13,15). The second kappa shape index (κ2) is 4.98. The monoisotopic (exact) mass is 300 g/mol. The third-order valence-corrected chi connectivity index (χ3v) is 4.69. The molecule has 0 radical (unpaired) electrons. The van der Waals surface area contributed by atoms with Crippen LogP contribution < -0.4 is 10.5 Å². The normalized spacial score (nSPS) is 11.2. The number of benzene rings is 1. The van der Waals surface area contributed by atoms with Gasteiger partial charge in [-0.05, 0) is 18.2 Å². The van der Waals surface area contributed by atoms with Crippen LogP contribution in [0.4, 0.5) is 10.1 Å². The number of carbonyl (C=O) groups is 1. The molecule has 19 heavy (non-hydrogen) atoms. The van der Waals surface area contributed by atoms with Gasteiger partial charge in [-0.3, -0.25) is 9.52 Å². The first kappa shape index (κ1) is 13.5. The highest BCUT2D eigenvalue weighted by Crippen LogP contribution is 2.22. The maximum atomic E-state index is 13.4. The van der Waals surface area contributed by atoms with Crippen molar-refractivity contribution in [1.29, 1.82) is 0 Å². The third-order valence-electron chi connectivity index (χ3n) is 2.25. The van der Waals surface area contributed by atoms with E-state index in [9.17, 15) is 17.6 Å². The molecule has 0 bridgehead atoms. The van der Waals surface area contributed by atoms with E-state index >= 15 is 0 Å². The lowest BCUT2D eigenvalue weighted by molar-refractivity contribution is 0.100. The first-order chi connectivity index (χ1) is 8.90. The number of nitrogens with one attached hydrogen (secondary N) is 1. The highest BCUT2D eigenvalue weighted by Gasteiger charge is 2.19. The number of amides is 1. The highest BCUT2D eigenvalue weighted by atomic mass is 32.2. The fourth-order valence-electron chi connectivity index (χ4n) is 1.34. The molecule has 5 nitrogen and oxygen atoms in total. The highest BCUT2D eigenvalue weighted by molar-refractivity contribution is 7.92. The van der Waals surface area contributed by atoms with Crippen LogP contribution in [0.25, 0.3) is 0 Å². The lowest BCUT2D eigenvalue weighted by Crippen LogP contribution is -2.13. The maximum Gasteiger partial charge on any atom is 0.262 e. The van der Waals surface area contributed by atoms with Gasteiger partial charge in [-0.15, -0.1) is 11.3 Å². The molecule has 0 atom stereocenters. The topological polar surface area (TPSA) is 89.3 Å². The van der Waals surface area contributed by atoms with Crippen molar-refractivity contribution in [2.75, 3.05) is 4.72 Å². The molecule has 3 N–H and O–H groups in total. The van der Waals surface area contributed by atoms with Gasteiger partial charge in [0, 0.05) is 5.38 Å². The molecule has 0 saturated carbocycles. The Morgan fingerprint density at radius 3 is 2.58 bits per heavy atom. The molecule has 0 spiro atoms. The molecule has 0 fully saturated rings. The number of nitrogens with two attached hydrogens (primary N) is 1. The summed E-state index contributed by atoms with van der Waals surface area (Å²) in [5, 5.41) is 1.27. The second-order valence-electron chi connectivity index (χ2n) is 3.60. The fraction of sp³-hybridized carbons (Fsp3) is 0. The van der Waals surface area contributed by atoms with Crippen LogP contribution in [0.15, 0.2) is 40.6 Å². The minimum Gasteiger partial charge on any atom is -0.365 e. The first-order valence-electron chi connectivity index (χ1n) is 5.06. The molecule has 2 rings (SSSR count). The van der Waals surface area contributed by atoms with E-state index in [1.165, 1.54) is 23.6 Å². The average molecular weight is 300 g/mol. The Morgan fingerprint density at radius 2 is 2.00 bits per heavy atom. The van der Waals surface area contributed by atoms with Gasteiger partial charge < -0.3 is 5.73 Å². The van der Waals surface area contributed by atoms with Gasteiger partial charge in [0.2, 0.25) is 0 Å². The summed E-state index contributed by atoms with van der Waals surface area (Å²) in [6.45, 7) is 0. The van der Waals surface area contributed by atoms with Crippen LogP contribution >= 0.6 is 11.3 Å². The zero-order chi connectivity index (χ0) is 14.0. The Hall–Kier alpha value is -1.93. The molecule has 0 saturated heterocycles. The van der Waals surface area contributed by atoms with Crippen molar-refractivity contribution in [3.8, 4) is 0 Å². The number of rotatable bonds is 4. The van der Waals surface area contributed by atoms with E-state index in [4.69, 9.17) is 5.73 Å². The van der Waals surface area contributed by atoms with Crippen LogP contribution in [0.3, 0.4) is 0 Å². The van der Waals surface area contributed by atoms with Crippen molar-refractivity contribution in [2.24, 2.45) is 5.73 Å². The number of para-hydroxylation sites is 1. The largest absolute Gasteiger partial charge is 0.365 e. The van der Waals surface area contributed by atoms with Gasteiger partial charge in [-0.1, -0.05) is 12.1 Å². The molecule has 1 amide bonds. The van der Waals surface area contributed by atoms with Gasteiger partial charge in [-0.2, -0.15) is 0 Å². The molecular weight excluding hydrogens is 291 g/mol. The number of primary amides is 1. The van der Waals surface area contributed by atoms with E-state index < -0.39 is 21.7 Å². The quantitative estimate of drug-likeness (QED) is 0.902. The number of hydrogen-bond donors (Lipinski definition) is 2. The summed E-state index contributed by atoms with van der Waals surface area (Å²) in [6, 6.07) is 6.54. The molecule has 0 aliphatic carbocycles. The van der Waals surface area contributed by atoms with E-state index in [-0.39, 0.29) is 15.5 Å². The molecule has 0 aliphatic rings. The smallest absolute Gasteiger partial charge is 0.262 e. The molecule has 1 aromatic heterocycles. The summed E-state index contributed by atoms with van der Waals surface area (Å²) in [5.41, 5.74) is 4.89. The van der Waals surface area contributed by atoms with Crippen LogP contribution in [-0.4, -0.2) is 14.3 Å². The summed E-state index contributed by atoms with van der Waals surface area (Å²) in [5.74, 6) is -1.39. The van der Waals surface area contributed by atoms with Crippen molar-refractivity contribution in [3.63, 3.8) is 0 Å².